The molecule has 0 aliphatic carbocycles. The second-order valence-corrected chi connectivity index (χ2v) is 6.91. The van der Waals surface area contributed by atoms with Gasteiger partial charge in [-0.15, -0.1) is 0 Å². The molecule has 0 aliphatic heterocycles. The van der Waals surface area contributed by atoms with E-state index in [1.165, 1.54) is 21.1 Å². The normalized spacial score (nSPS) is 11.8. The van der Waals surface area contributed by atoms with E-state index < -0.39 is 18.0 Å². The summed E-state index contributed by atoms with van der Waals surface area (Å²) in [5.41, 5.74) is 2.10. The zero-order valence-corrected chi connectivity index (χ0v) is 17.3. The zero-order valence-electron chi connectivity index (χ0n) is 17.3. The van der Waals surface area contributed by atoms with Gasteiger partial charge in [0.25, 0.3) is 5.91 Å². The lowest BCUT2D eigenvalue weighted by Gasteiger charge is -2.15. The number of benzene rings is 3. The molecular weight excluding hydrogens is 398 g/mol. The summed E-state index contributed by atoms with van der Waals surface area (Å²) in [5, 5.41) is 4.58. The lowest BCUT2D eigenvalue weighted by molar-refractivity contribution is -0.123. The summed E-state index contributed by atoms with van der Waals surface area (Å²) < 4.78 is 21.7. The van der Waals surface area contributed by atoms with Crippen molar-refractivity contribution in [3.8, 4) is 11.5 Å². The smallest absolute Gasteiger partial charge is 0.338 e. The van der Waals surface area contributed by atoms with Crippen LogP contribution in [0, 0.1) is 0 Å². The number of nitrogens with one attached hydrogen (secondary N) is 1. The van der Waals surface area contributed by atoms with E-state index in [4.69, 9.17) is 18.6 Å². The first-order valence-corrected chi connectivity index (χ1v) is 9.65. The van der Waals surface area contributed by atoms with E-state index in [1.54, 1.807) is 30.3 Å². The van der Waals surface area contributed by atoms with Gasteiger partial charge in [-0.05, 0) is 43.3 Å². The maximum Gasteiger partial charge on any atom is 0.338 e. The number of carbonyl (C=O) groups is 2. The summed E-state index contributed by atoms with van der Waals surface area (Å²) in [5.74, 6) is -0.00266. The number of hydrogen-bond acceptors (Lipinski definition) is 6. The number of amides is 1. The zero-order chi connectivity index (χ0) is 22.0. The Hall–Kier alpha value is -4.00. The van der Waals surface area contributed by atoms with E-state index in [9.17, 15) is 9.59 Å². The Morgan fingerprint density at radius 1 is 0.903 bits per heavy atom. The summed E-state index contributed by atoms with van der Waals surface area (Å²) in [6.45, 7) is 1.50. The van der Waals surface area contributed by atoms with E-state index in [2.05, 4.69) is 5.32 Å². The number of hydrogen-bond donors (Lipinski definition) is 1. The molecule has 1 heterocycles. The van der Waals surface area contributed by atoms with E-state index in [0.29, 0.717) is 28.3 Å². The van der Waals surface area contributed by atoms with Crippen LogP contribution in [0.15, 0.2) is 65.1 Å². The molecule has 0 bridgehead atoms. The molecule has 0 unspecified atom stereocenters. The number of fused-ring (bicyclic) bond motifs is 3. The van der Waals surface area contributed by atoms with Gasteiger partial charge in [0.05, 0.1) is 25.5 Å². The van der Waals surface area contributed by atoms with Gasteiger partial charge in [-0.1, -0.05) is 18.2 Å². The van der Waals surface area contributed by atoms with Crippen LogP contribution in [0.3, 0.4) is 0 Å². The number of esters is 1. The molecule has 0 aliphatic rings. The van der Waals surface area contributed by atoms with Gasteiger partial charge in [-0.25, -0.2) is 4.79 Å². The van der Waals surface area contributed by atoms with Crippen molar-refractivity contribution < 1.29 is 28.2 Å². The van der Waals surface area contributed by atoms with Gasteiger partial charge in [0.15, 0.2) is 6.10 Å². The third kappa shape index (κ3) is 4.02. The van der Waals surface area contributed by atoms with E-state index in [1.807, 2.05) is 30.3 Å². The number of carbonyl (C=O) groups excluding carboxylic acids is 2. The third-order valence-corrected chi connectivity index (χ3v) is 4.94. The van der Waals surface area contributed by atoms with Crippen molar-refractivity contribution >= 4 is 39.5 Å². The van der Waals surface area contributed by atoms with Gasteiger partial charge in [0.1, 0.15) is 22.7 Å². The Morgan fingerprint density at radius 2 is 1.65 bits per heavy atom. The van der Waals surface area contributed by atoms with Crippen LogP contribution in [0.5, 0.6) is 11.5 Å². The van der Waals surface area contributed by atoms with Gasteiger partial charge in [-0.2, -0.15) is 0 Å². The highest BCUT2D eigenvalue weighted by Crippen LogP contribution is 2.36. The minimum Gasteiger partial charge on any atom is -0.497 e. The number of anilines is 1. The lowest BCUT2D eigenvalue weighted by atomic mass is 10.1. The van der Waals surface area contributed by atoms with Crippen LogP contribution in [0.4, 0.5) is 5.69 Å². The first-order valence-electron chi connectivity index (χ1n) is 9.65. The second-order valence-electron chi connectivity index (χ2n) is 6.91. The molecule has 7 nitrogen and oxygen atoms in total. The maximum atomic E-state index is 12.7. The summed E-state index contributed by atoms with van der Waals surface area (Å²) in [7, 11) is 3.06. The molecule has 31 heavy (non-hydrogen) atoms. The fourth-order valence-electron chi connectivity index (χ4n) is 3.26. The molecule has 7 heteroatoms. The molecule has 0 spiro atoms. The lowest BCUT2D eigenvalue weighted by Crippen LogP contribution is -2.30. The SMILES string of the molecule is COc1ccc(C(=O)O[C@@H](C)C(=O)Nc2cc3oc4ccccc4c3cc2OC)cc1. The molecule has 1 N–H and O–H groups in total. The molecule has 0 radical (unpaired) electrons. The molecule has 4 aromatic rings. The Bertz CT molecular complexity index is 1260. The van der Waals surface area contributed by atoms with Crippen LogP contribution in [0.1, 0.15) is 17.3 Å². The Labute approximate surface area is 178 Å². The second kappa shape index (κ2) is 8.39. The number of methoxy groups -OCH3 is 2. The van der Waals surface area contributed by atoms with E-state index >= 15 is 0 Å². The molecular formula is C24H21NO6. The minimum atomic E-state index is -1.02. The topological polar surface area (TPSA) is 87.0 Å². The highest BCUT2D eigenvalue weighted by atomic mass is 16.5. The monoisotopic (exact) mass is 419 g/mol. The summed E-state index contributed by atoms with van der Waals surface area (Å²) >= 11 is 0. The van der Waals surface area contributed by atoms with Crippen LogP contribution in [-0.2, 0) is 9.53 Å². The van der Waals surface area contributed by atoms with Crippen molar-refractivity contribution in [2.45, 2.75) is 13.0 Å². The van der Waals surface area contributed by atoms with Crippen LogP contribution >= 0.6 is 0 Å². The summed E-state index contributed by atoms with van der Waals surface area (Å²) in [6.07, 6.45) is -1.02. The first-order chi connectivity index (χ1) is 15.0. The number of para-hydroxylation sites is 1. The molecule has 0 saturated heterocycles. The first kappa shape index (κ1) is 20.3. The van der Waals surface area contributed by atoms with Gasteiger partial charge in [0.2, 0.25) is 0 Å². The summed E-state index contributed by atoms with van der Waals surface area (Å²) in [6, 6.07) is 17.6. The Balaban J connectivity index is 1.52. The number of furan rings is 1. The van der Waals surface area contributed by atoms with Gasteiger partial charge in [-0.3, -0.25) is 4.79 Å². The molecule has 1 aromatic heterocycles. The van der Waals surface area contributed by atoms with Crippen molar-refractivity contribution in [2.24, 2.45) is 0 Å². The highest BCUT2D eigenvalue weighted by molar-refractivity contribution is 6.08. The molecule has 158 valence electrons. The summed E-state index contributed by atoms with van der Waals surface area (Å²) in [4.78, 5) is 25.0. The van der Waals surface area contributed by atoms with Gasteiger partial charge in [0, 0.05) is 16.8 Å². The average Bonchev–Trinajstić information content (AvgIpc) is 3.15. The minimum absolute atomic E-state index is 0.321. The quantitative estimate of drug-likeness (QED) is 0.452. The van der Waals surface area contributed by atoms with E-state index in [-0.39, 0.29) is 0 Å². The Morgan fingerprint density at radius 3 is 2.35 bits per heavy atom. The van der Waals surface area contributed by atoms with Crippen molar-refractivity contribution in [3.05, 3.63) is 66.2 Å². The Kier molecular flexibility index (Phi) is 5.49. The molecule has 3 aromatic carbocycles. The van der Waals surface area contributed by atoms with Crippen molar-refractivity contribution in [3.63, 3.8) is 0 Å². The molecule has 1 atom stereocenters. The third-order valence-electron chi connectivity index (χ3n) is 4.94. The van der Waals surface area contributed by atoms with Crippen molar-refractivity contribution in [2.75, 3.05) is 19.5 Å². The highest BCUT2D eigenvalue weighted by Gasteiger charge is 2.21. The van der Waals surface area contributed by atoms with Gasteiger partial charge < -0.3 is 23.9 Å². The average molecular weight is 419 g/mol. The van der Waals surface area contributed by atoms with Crippen molar-refractivity contribution in [1.29, 1.82) is 0 Å². The predicted octanol–water partition coefficient (Wildman–Crippen LogP) is 4.79. The van der Waals surface area contributed by atoms with Gasteiger partial charge >= 0.3 is 5.97 Å². The van der Waals surface area contributed by atoms with Crippen LogP contribution in [-0.4, -0.2) is 32.2 Å². The van der Waals surface area contributed by atoms with E-state index in [0.717, 1.165) is 16.4 Å². The fourth-order valence-corrected chi connectivity index (χ4v) is 3.26. The van der Waals surface area contributed by atoms with Crippen LogP contribution < -0.4 is 14.8 Å². The van der Waals surface area contributed by atoms with Crippen LogP contribution in [0.2, 0.25) is 0 Å². The molecule has 1 amide bonds. The largest absolute Gasteiger partial charge is 0.497 e. The fraction of sp³-hybridized carbons (Fsp3) is 0.167. The number of ether oxygens (including phenoxy) is 3. The number of rotatable bonds is 6. The van der Waals surface area contributed by atoms with Crippen LogP contribution in [0.25, 0.3) is 21.9 Å². The molecule has 0 fully saturated rings. The maximum absolute atomic E-state index is 12.7. The molecule has 4 rings (SSSR count). The standard InChI is InChI=1S/C24H21NO6/c1-14(30-24(27)15-8-10-16(28-2)11-9-15)23(26)25-19-13-21-18(12-22(19)29-3)17-6-4-5-7-20(17)31-21/h4-14H,1-3H3,(H,25,26)/t14-/m0/s1. The predicted molar refractivity (Wildman–Crippen MR) is 117 cm³/mol. The molecule has 0 saturated carbocycles. The van der Waals surface area contributed by atoms with Crippen molar-refractivity contribution in [1.82, 2.24) is 0 Å².